The maximum absolute atomic E-state index is 6.50. The van der Waals surface area contributed by atoms with Crippen molar-refractivity contribution in [3.63, 3.8) is 0 Å². The zero-order valence-corrected chi connectivity index (χ0v) is 20.2. The summed E-state index contributed by atoms with van der Waals surface area (Å²) in [6, 6.07) is 4.08. The van der Waals surface area contributed by atoms with Crippen molar-refractivity contribution in [2.24, 2.45) is 10.9 Å². The monoisotopic (exact) mass is 466 g/mol. The van der Waals surface area contributed by atoms with Gasteiger partial charge in [-0.25, -0.2) is 4.99 Å². The topological polar surface area (TPSA) is 50.6 Å². The number of benzene rings is 1. The largest absolute Gasteiger partial charge is 0.430 e. The molecule has 2 fully saturated rings. The van der Waals surface area contributed by atoms with Crippen LogP contribution in [0, 0.1) is 19.8 Å². The number of hydrogen-bond donors (Lipinski definition) is 0. The minimum absolute atomic E-state index is 0.113. The number of nitrogens with zero attached hydrogens (tertiary/aromatic N) is 4. The van der Waals surface area contributed by atoms with E-state index in [1.807, 2.05) is 33.2 Å². The third kappa shape index (κ3) is 3.71. The molecule has 1 aromatic heterocycles. The van der Waals surface area contributed by atoms with Crippen LogP contribution in [0.2, 0.25) is 0 Å². The Kier molecular flexibility index (Phi) is 6.03. The molecule has 0 spiro atoms. The first-order valence-corrected chi connectivity index (χ1v) is 12.1. The van der Waals surface area contributed by atoms with Crippen molar-refractivity contribution in [3.8, 4) is 10.9 Å². The Hall–Kier alpha value is -1.37. The van der Waals surface area contributed by atoms with E-state index in [1.165, 1.54) is 30.8 Å². The standard InChI is InChI=1S/C22H28Cl2N4OS/c1-5-21(16(4)22(21,23)24)19-26-20(30-27-19)29-18-12-14(2)17(11-15(18)3)25-13-28-9-7-6-8-10-28/h11-13,16H,5-10H2,1-4H3/b25-13+. The van der Waals surface area contributed by atoms with E-state index in [1.54, 1.807) is 0 Å². The Morgan fingerprint density at radius 2 is 1.93 bits per heavy atom. The molecule has 5 nitrogen and oxygen atoms in total. The van der Waals surface area contributed by atoms with Crippen LogP contribution >= 0.6 is 34.7 Å². The van der Waals surface area contributed by atoms with Crippen LogP contribution in [0.3, 0.4) is 0 Å². The van der Waals surface area contributed by atoms with E-state index in [-0.39, 0.29) is 5.92 Å². The molecule has 0 bridgehead atoms. The molecule has 4 rings (SSSR count). The van der Waals surface area contributed by atoms with Crippen LogP contribution in [0.1, 0.15) is 56.5 Å². The average Bonchev–Trinajstić information content (AvgIpc) is 3.02. The summed E-state index contributed by atoms with van der Waals surface area (Å²) in [5.41, 5.74) is 2.65. The molecule has 30 heavy (non-hydrogen) atoms. The molecule has 162 valence electrons. The summed E-state index contributed by atoms with van der Waals surface area (Å²) in [4.78, 5) is 11.6. The molecule has 2 aliphatic rings. The van der Waals surface area contributed by atoms with E-state index < -0.39 is 9.75 Å². The first-order valence-electron chi connectivity index (χ1n) is 10.6. The summed E-state index contributed by atoms with van der Waals surface area (Å²) in [7, 11) is 0. The first kappa shape index (κ1) is 21.8. The van der Waals surface area contributed by atoms with Gasteiger partial charge in [0.25, 0.3) is 5.19 Å². The minimum atomic E-state index is -0.819. The van der Waals surface area contributed by atoms with Gasteiger partial charge in [0.05, 0.1) is 17.4 Å². The highest BCUT2D eigenvalue weighted by atomic mass is 35.5. The van der Waals surface area contributed by atoms with Crippen molar-refractivity contribution in [2.75, 3.05) is 13.1 Å². The number of halogens is 2. The number of ether oxygens (including phenoxy) is 1. The molecule has 1 aliphatic carbocycles. The van der Waals surface area contributed by atoms with Gasteiger partial charge >= 0.3 is 0 Å². The zero-order chi connectivity index (χ0) is 21.5. The molecule has 1 aromatic carbocycles. The van der Waals surface area contributed by atoms with Crippen molar-refractivity contribution in [1.82, 2.24) is 14.3 Å². The van der Waals surface area contributed by atoms with Gasteiger partial charge in [0.15, 0.2) is 5.82 Å². The molecule has 8 heteroatoms. The van der Waals surface area contributed by atoms with Crippen LogP contribution in [0.5, 0.6) is 10.9 Å². The van der Waals surface area contributed by atoms with Gasteiger partial charge in [-0.15, -0.1) is 23.2 Å². The number of alkyl halides is 2. The normalized spacial score (nSPS) is 25.7. The van der Waals surface area contributed by atoms with Crippen LogP contribution in [-0.4, -0.2) is 38.0 Å². The molecule has 2 atom stereocenters. The number of hydrogen-bond acceptors (Lipinski definition) is 5. The minimum Gasteiger partial charge on any atom is -0.430 e. The maximum Gasteiger partial charge on any atom is 0.298 e. The Bertz CT molecular complexity index is 955. The third-order valence-corrected chi connectivity index (χ3v) is 8.52. The van der Waals surface area contributed by atoms with Crippen LogP contribution < -0.4 is 4.74 Å². The molecule has 0 N–H and O–H groups in total. The lowest BCUT2D eigenvalue weighted by molar-refractivity contribution is 0.351. The quantitative estimate of drug-likeness (QED) is 0.274. The van der Waals surface area contributed by atoms with Gasteiger partial charge in [-0.2, -0.15) is 9.36 Å². The Balaban J connectivity index is 1.50. The summed E-state index contributed by atoms with van der Waals surface area (Å²) < 4.78 is 9.79. The molecule has 2 unspecified atom stereocenters. The lowest BCUT2D eigenvalue weighted by Gasteiger charge is -2.23. The number of rotatable bonds is 6. The number of likely N-dealkylation sites (tertiary alicyclic amines) is 1. The fourth-order valence-corrected chi connectivity index (χ4v) is 6.06. The predicted molar refractivity (Wildman–Crippen MR) is 125 cm³/mol. The number of aliphatic imine (C=N–C) groups is 1. The van der Waals surface area contributed by atoms with Crippen molar-refractivity contribution in [3.05, 3.63) is 29.1 Å². The summed E-state index contributed by atoms with van der Waals surface area (Å²) in [5, 5.41) is 0.508. The van der Waals surface area contributed by atoms with Crippen molar-refractivity contribution in [1.29, 1.82) is 0 Å². The third-order valence-electron chi connectivity index (χ3n) is 6.60. The Morgan fingerprint density at radius 3 is 2.57 bits per heavy atom. The zero-order valence-electron chi connectivity index (χ0n) is 17.9. The second kappa shape index (κ2) is 8.29. The van der Waals surface area contributed by atoms with E-state index in [0.29, 0.717) is 11.0 Å². The Labute approximate surface area is 192 Å². The van der Waals surface area contributed by atoms with Crippen molar-refractivity contribution in [2.45, 2.75) is 63.1 Å². The fraction of sp³-hybridized carbons (Fsp3) is 0.591. The van der Waals surface area contributed by atoms with E-state index in [4.69, 9.17) is 32.9 Å². The molecule has 2 heterocycles. The van der Waals surface area contributed by atoms with Crippen LogP contribution in [0.4, 0.5) is 5.69 Å². The van der Waals surface area contributed by atoms with Crippen molar-refractivity contribution < 1.29 is 4.74 Å². The van der Waals surface area contributed by atoms with Gasteiger partial charge in [-0.1, -0.05) is 13.8 Å². The van der Waals surface area contributed by atoms with Crippen LogP contribution in [0.15, 0.2) is 17.1 Å². The molecule has 2 aromatic rings. The number of aryl methyl sites for hydroxylation is 2. The SMILES string of the molecule is CCC1(c2nsc(Oc3cc(C)c(/N=C/N4CCCCC4)cc3C)n2)C(C)C1(Cl)Cl. The van der Waals surface area contributed by atoms with Gasteiger partial charge in [-0.05, 0) is 62.8 Å². The van der Waals surface area contributed by atoms with E-state index >= 15 is 0 Å². The summed E-state index contributed by atoms with van der Waals surface area (Å²) in [6.45, 7) is 10.4. The Morgan fingerprint density at radius 1 is 1.23 bits per heavy atom. The lowest BCUT2D eigenvalue weighted by atomic mass is 10.00. The summed E-state index contributed by atoms with van der Waals surface area (Å²) in [5.74, 6) is 1.56. The second-order valence-corrected chi connectivity index (χ2v) is 10.5. The molecule has 1 aliphatic heterocycles. The highest BCUT2D eigenvalue weighted by Crippen LogP contribution is 2.70. The van der Waals surface area contributed by atoms with Crippen molar-refractivity contribution >= 4 is 46.8 Å². The number of piperidine rings is 1. The molecule has 0 amide bonds. The predicted octanol–water partition coefficient (Wildman–Crippen LogP) is 6.56. The number of aromatic nitrogens is 2. The highest BCUT2D eigenvalue weighted by molar-refractivity contribution is 7.07. The second-order valence-electron chi connectivity index (χ2n) is 8.40. The lowest BCUT2D eigenvalue weighted by Crippen LogP contribution is -2.28. The first-order chi connectivity index (χ1) is 14.3. The van der Waals surface area contributed by atoms with Crippen LogP contribution in [-0.2, 0) is 5.41 Å². The summed E-state index contributed by atoms with van der Waals surface area (Å²) >= 11 is 14.2. The van der Waals surface area contributed by atoms with E-state index in [2.05, 4.69) is 27.2 Å². The smallest absolute Gasteiger partial charge is 0.298 e. The fourth-order valence-electron chi connectivity index (χ4n) is 4.41. The van der Waals surface area contributed by atoms with Crippen LogP contribution in [0.25, 0.3) is 0 Å². The molecular formula is C22H28Cl2N4OS. The van der Waals surface area contributed by atoms with E-state index in [0.717, 1.165) is 42.1 Å². The summed E-state index contributed by atoms with van der Waals surface area (Å²) in [6.07, 6.45) is 6.57. The molecule has 1 saturated heterocycles. The van der Waals surface area contributed by atoms with Gasteiger partial charge in [0.1, 0.15) is 10.1 Å². The van der Waals surface area contributed by atoms with Gasteiger partial charge in [-0.3, -0.25) is 0 Å². The molecular weight excluding hydrogens is 439 g/mol. The highest BCUT2D eigenvalue weighted by Gasteiger charge is 2.75. The molecule has 1 saturated carbocycles. The maximum atomic E-state index is 6.50. The van der Waals surface area contributed by atoms with E-state index in [9.17, 15) is 0 Å². The molecule has 0 radical (unpaired) electrons. The van der Waals surface area contributed by atoms with Gasteiger partial charge < -0.3 is 9.64 Å². The van der Waals surface area contributed by atoms with Gasteiger partial charge in [0.2, 0.25) is 0 Å². The average molecular weight is 467 g/mol. The van der Waals surface area contributed by atoms with Gasteiger partial charge in [0, 0.05) is 30.5 Å².